The van der Waals surface area contributed by atoms with Crippen LogP contribution in [0.3, 0.4) is 0 Å². The smallest absolute Gasteiger partial charge is 0.253 e. The minimum absolute atomic E-state index is 0.0388. The fourth-order valence-corrected chi connectivity index (χ4v) is 5.69. The molecule has 2 fully saturated rings. The van der Waals surface area contributed by atoms with Gasteiger partial charge >= 0.3 is 0 Å². The summed E-state index contributed by atoms with van der Waals surface area (Å²) in [5, 5.41) is 12.5. The Balaban J connectivity index is 1.08. The lowest BCUT2D eigenvalue weighted by molar-refractivity contribution is -0.130. The summed E-state index contributed by atoms with van der Waals surface area (Å²) in [5.41, 5.74) is 1.60. The van der Waals surface area contributed by atoms with Crippen LogP contribution in [0.15, 0.2) is 59.6 Å². The number of halogens is 1. The zero-order valence-corrected chi connectivity index (χ0v) is 24.5. The van der Waals surface area contributed by atoms with Crippen LogP contribution in [-0.4, -0.2) is 95.9 Å². The number of likely N-dealkylation sites (tertiary alicyclic amines) is 1. The van der Waals surface area contributed by atoms with E-state index in [9.17, 15) is 23.5 Å². The number of benzene rings is 2. The van der Waals surface area contributed by atoms with Gasteiger partial charge in [0.15, 0.2) is 0 Å². The first kappa shape index (κ1) is 30.3. The van der Waals surface area contributed by atoms with Crippen molar-refractivity contribution in [3.05, 3.63) is 65.9 Å². The summed E-state index contributed by atoms with van der Waals surface area (Å²) in [6.45, 7) is 4.45. The fourth-order valence-electron chi connectivity index (χ4n) is 5.45. The molecule has 0 unspecified atom stereocenters. The van der Waals surface area contributed by atoms with Crippen LogP contribution in [0.1, 0.15) is 40.0 Å². The molecule has 3 aromatic rings. The van der Waals surface area contributed by atoms with E-state index in [1.165, 1.54) is 4.90 Å². The van der Waals surface area contributed by atoms with Crippen LogP contribution in [0.5, 0.6) is 5.75 Å². The summed E-state index contributed by atoms with van der Waals surface area (Å²) in [6.07, 6.45) is 3.79. The van der Waals surface area contributed by atoms with E-state index in [-0.39, 0.29) is 36.4 Å². The quantitative estimate of drug-likeness (QED) is 0.348. The van der Waals surface area contributed by atoms with Crippen molar-refractivity contribution >= 4 is 40.8 Å². The Labute approximate surface area is 254 Å². The molecule has 2 aliphatic rings. The van der Waals surface area contributed by atoms with E-state index in [1.807, 2.05) is 11.0 Å². The molecule has 1 atom stereocenters. The highest BCUT2D eigenvalue weighted by atomic mass is 32.2. The second-order valence-corrected chi connectivity index (χ2v) is 11.2. The van der Waals surface area contributed by atoms with Gasteiger partial charge in [-0.25, -0.2) is 0 Å². The van der Waals surface area contributed by atoms with Gasteiger partial charge in [-0.3, -0.25) is 24.3 Å². The number of rotatable bonds is 10. The summed E-state index contributed by atoms with van der Waals surface area (Å²) in [4.78, 5) is 48.8. The SMILES string of the molecule is N#C[C@@H]1CCCN1C(=O)CNC(=O)c1ccnc2ccc(OCCCN3CCN(C(=O)c4ccc(SF)cc4)CC3)cc12. The predicted octanol–water partition coefficient (Wildman–Crippen LogP) is 3.68. The number of amides is 3. The van der Waals surface area contributed by atoms with E-state index in [0.29, 0.717) is 65.3 Å². The Kier molecular flexibility index (Phi) is 10.1. The maximum Gasteiger partial charge on any atom is 0.253 e. The summed E-state index contributed by atoms with van der Waals surface area (Å²) in [6, 6.07) is 15.3. The molecule has 5 rings (SSSR count). The van der Waals surface area contributed by atoms with Crippen molar-refractivity contribution in [2.24, 2.45) is 0 Å². The van der Waals surface area contributed by atoms with E-state index in [4.69, 9.17) is 4.74 Å². The van der Waals surface area contributed by atoms with Crippen LogP contribution >= 0.6 is 12.1 Å². The third-order valence-electron chi connectivity index (χ3n) is 7.82. The number of piperazine rings is 1. The number of aromatic nitrogens is 1. The van der Waals surface area contributed by atoms with Crippen LogP contribution in [0.4, 0.5) is 3.89 Å². The maximum atomic E-state index is 13.0. The second kappa shape index (κ2) is 14.3. The van der Waals surface area contributed by atoms with E-state index < -0.39 is 6.04 Å². The van der Waals surface area contributed by atoms with Crippen molar-refractivity contribution in [1.29, 1.82) is 5.26 Å². The Morgan fingerprint density at radius 2 is 1.86 bits per heavy atom. The second-order valence-electron chi connectivity index (χ2n) is 10.5. The minimum Gasteiger partial charge on any atom is -0.494 e. The highest BCUT2D eigenvalue weighted by Crippen LogP contribution is 2.24. The number of carbonyl (C=O) groups excluding carboxylic acids is 3. The van der Waals surface area contributed by atoms with Gasteiger partial charge in [-0.2, -0.15) is 9.15 Å². The summed E-state index contributed by atoms with van der Waals surface area (Å²) in [7, 11) is 0. The van der Waals surface area contributed by atoms with Crippen molar-refractivity contribution < 1.29 is 23.0 Å². The maximum absolute atomic E-state index is 13.0. The number of nitrogens with one attached hydrogen (secondary N) is 1. The molecule has 12 heteroatoms. The molecule has 0 bridgehead atoms. The van der Waals surface area contributed by atoms with Gasteiger partial charge in [0.25, 0.3) is 11.8 Å². The number of carbonyl (C=O) groups is 3. The standard InChI is InChI=1S/C31H33FN6O4S/c32-43-25-7-4-22(5-8-25)31(41)37-16-14-36(15-17-37)12-2-18-42-24-6-9-28-27(19-24)26(10-11-34-28)30(40)35-21-29(39)38-13-1-3-23(38)20-33/h4-11,19,23H,1-3,12-18,21H2,(H,35,40)/t23-/m0/s1. The van der Waals surface area contributed by atoms with Gasteiger partial charge in [-0.1, -0.05) is 0 Å². The monoisotopic (exact) mass is 604 g/mol. The molecule has 0 aliphatic carbocycles. The summed E-state index contributed by atoms with van der Waals surface area (Å²) >= 11 is 0.162. The van der Waals surface area contributed by atoms with Crippen molar-refractivity contribution in [3.63, 3.8) is 0 Å². The third kappa shape index (κ3) is 7.42. The van der Waals surface area contributed by atoms with Crippen LogP contribution in [-0.2, 0) is 4.79 Å². The molecule has 10 nitrogen and oxygen atoms in total. The lowest BCUT2D eigenvalue weighted by atomic mass is 10.1. The Morgan fingerprint density at radius 3 is 2.60 bits per heavy atom. The molecule has 0 radical (unpaired) electrons. The Morgan fingerprint density at radius 1 is 1.07 bits per heavy atom. The molecule has 2 aliphatic heterocycles. The van der Waals surface area contributed by atoms with Gasteiger partial charge in [0.2, 0.25) is 5.91 Å². The van der Waals surface area contributed by atoms with Gasteiger partial charge in [0, 0.05) is 61.3 Å². The highest BCUT2D eigenvalue weighted by molar-refractivity contribution is 7.94. The highest BCUT2D eigenvalue weighted by Gasteiger charge is 2.28. The van der Waals surface area contributed by atoms with Crippen molar-refractivity contribution in [1.82, 2.24) is 25.0 Å². The largest absolute Gasteiger partial charge is 0.494 e. The zero-order chi connectivity index (χ0) is 30.2. The lowest BCUT2D eigenvalue weighted by Gasteiger charge is -2.34. The van der Waals surface area contributed by atoms with Gasteiger partial charge in [0.1, 0.15) is 11.8 Å². The van der Waals surface area contributed by atoms with E-state index in [2.05, 4.69) is 21.3 Å². The van der Waals surface area contributed by atoms with E-state index in [1.54, 1.807) is 48.7 Å². The fraction of sp³-hybridized carbons (Fsp3) is 0.387. The molecule has 3 heterocycles. The van der Waals surface area contributed by atoms with Crippen molar-refractivity contribution in [2.75, 3.05) is 52.4 Å². The third-order valence-corrected chi connectivity index (χ3v) is 8.27. The molecule has 2 saturated heterocycles. The number of fused-ring (bicyclic) bond motifs is 1. The number of hydrogen-bond acceptors (Lipinski definition) is 8. The van der Waals surface area contributed by atoms with E-state index >= 15 is 0 Å². The number of pyridine rings is 1. The molecule has 0 saturated carbocycles. The topological polar surface area (TPSA) is 119 Å². The summed E-state index contributed by atoms with van der Waals surface area (Å²) < 4.78 is 18.7. The number of hydrogen-bond donors (Lipinski definition) is 1. The predicted molar refractivity (Wildman–Crippen MR) is 160 cm³/mol. The Bertz CT molecular complexity index is 1510. The van der Waals surface area contributed by atoms with Gasteiger partial charge in [0.05, 0.1) is 42.4 Å². The first-order valence-corrected chi connectivity index (χ1v) is 15.1. The molecule has 2 aromatic carbocycles. The molecular formula is C31H33FN6O4S. The lowest BCUT2D eigenvalue weighted by Crippen LogP contribution is -2.49. The van der Waals surface area contributed by atoms with Gasteiger partial charge < -0.3 is 19.9 Å². The molecule has 1 N–H and O–H groups in total. The average Bonchev–Trinajstić information content (AvgIpc) is 3.54. The number of nitriles is 1. The molecule has 224 valence electrons. The Hall–Kier alpha value is -4.21. The van der Waals surface area contributed by atoms with Crippen molar-refractivity contribution in [3.8, 4) is 11.8 Å². The van der Waals surface area contributed by atoms with Crippen LogP contribution in [0.25, 0.3) is 10.9 Å². The molecule has 0 spiro atoms. The molecule has 43 heavy (non-hydrogen) atoms. The van der Waals surface area contributed by atoms with Gasteiger partial charge in [-0.05, 0) is 67.8 Å². The zero-order valence-electron chi connectivity index (χ0n) is 23.7. The molecule has 1 aromatic heterocycles. The summed E-state index contributed by atoms with van der Waals surface area (Å²) in [5.74, 6) is -0.0780. The molecular weight excluding hydrogens is 571 g/mol. The van der Waals surface area contributed by atoms with Gasteiger partial charge in [-0.15, -0.1) is 0 Å². The normalized spacial score (nSPS) is 17.1. The van der Waals surface area contributed by atoms with Crippen LogP contribution in [0.2, 0.25) is 0 Å². The number of ether oxygens (including phenoxy) is 1. The average molecular weight is 605 g/mol. The first-order valence-electron chi connectivity index (χ1n) is 14.4. The number of nitrogens with zero attached hydrogens (tertiary/aromatic N) is 5. The van der Waals surface area contributed by atoms with E-state index in [0.717, 1.165) is 32.5 Å². The van der Waals surface area contributed by atoms with Crippen LogP contribution < -0.4 is 10.1 Å². The van der Waals surface area contributed by atoms with Crippen molar-refractivity contribution in [2.45, 2.75) is 30.2 Å². The molecule has 3 amide bonds. The van der Waals surface area contributed by atoms with Crippen LogP contribution in [0, 0.1) is 11.3 Å². The minimum atomic E-state index is -0.433. The first-order chi connectivity index (χ1) is 21.0.